The first kappa shape index (κ1) is 11.6. The Morgan fingerprint density at radius 2 is 2.40 bits per heavy atom. The minimum absolute atomic E-state index is 0.0631. The van der Waals surface area contributed by atoms with Crippen LogP contribution in [-0.4, -0.2) is 20.4 Å². The van der Waals surface area contributed by atoms with E-state index < -0.39 is 10.6 Å². The minimum Gasteiger partial charge on any atom is -0.292 e. The maximum atomic E-state index is 11.2. The predicted octanol–water partition coefficient (Wildman–Crippen LogP) is 1.03. The van der Waals surface area contributed by atoms with Gasteiger partial charge in [0.25, 0.3) is 0 Å². The molecule has 1 unspecified atom stereocenters. The molecule has 0 saturated carbocycles. The summed E-state index contributed by atoms with van der Waals surface area (Å²) < 4.78 is 1.20. The number of hydrogen-bond acceptors (Lipinski definition) is 4. The van der Waals surface area contributed by atoms with Gasteiger partial charge in [-0.15, -0.1) is 11.6 Å². The third-order valence-electron chi connectivity index (χ3n) is 1.82. The predicted molar refractivity (Wildman–Crippen MR) is 55.0 cm³/mol. The number of aromatic nitrogens is 2. The van der Waals surface area contributed by atoms with Crippen LogP contribution in [-0.2, 0) is 6.54 Å². The fourth-order valence-electron chi connectivity index (χ4n) is 1.05. The molecule has 0 amide bonds. The molecule has 0 aliphatic heterocycles. The molecule has 0 radical (unpaired) electrons. The zero-order valence-corrected chi connectivity index (χ0v) is 8.85. The number of alkyl halides is 1. The Hall–Kier alpha value is -1.43. The van der Waals surface area contributed by atoms with Crippen molar-refractivity contribution in [3.8, 4) is 0 Å². The fourth-order valence-corrected chi connectivity index (χ4v) is 1.15. The normalized spacial score (nSPS) is 12.4. The van der Waals surface area contributed by atoms with Crippen LogP contribution in [0.1, 0.15) is 6.92 Å². The highest BCUT2D eigenvalue weighted by Gasteiger charge is 2.10. The van der Waals surface area contributed by atoms with Gasteiger partial charge < -0.3 is 0 Å². The molecule has 1 atom stereocenters. The van der Waals surface area contributed by atoms with Crippen molar-refractivity contribution in [2.45, 2.75) is 13.5 Å². The molecule has 1 aromatic heterocycles. The Balaban J connectivity index is 3.00. The zero-order valence-electron chi connectivity index (χ0n) is 8.09. The minimum atomic E-state index is -0.589. The summed E-state index contributed by atoms with van der Waals surface area (Å²) >= 11 is 5.59. The molecule has 6 nitrogen and oxygen atoms in total. The molecule has 0 aliphatic carbocycles. The van der Waals surface area contributed by atoms with Gasteiger partial charge in [0.1, 0.15) is 6.20 Å². The van der Waals surface area contributed by atoms with Gasteiger partial charge in [-0.1, -0.05) is 6.92 Å². The van der Waals surface area contributed by atoms with Crippen molar-refractivity contribution in [2.24, 2.45) is 5.92 Å². The Morgan fingerprint density at radius 1 is 1.73 bits per heavy atom. The Morgan fingerprint density at radius 3 is 2.93 bits per heavy atom. The lowest BCUT2D eigenvalue weighted by Crippen LogP contribution is -2.25. The first-order valence-electron chi connectivity index (χ1n) is 4.31. The van der Waals surface area contributed by atoms with Gasteiger partial charge in [0.05, 0.1) is 11.1 Å². The third kappa shape index (κ3) is 3.02. The molecule has 0 fully saturated rings. The van der Waals surface area contributed by atoms with E-state index in [-0.39, 0.29) is 11.6 Å². The summed E-state index contributed by atoms with van der Waals surface area (Å²) in [5.74, 6) is 0.447. The molecule has 15 heavy (non-hydrogen) atoms. The summed E-state index contributed by atoms with van der Waals surface area (Å²) in [5.41, 5.74) is -0.700. The van der Waals surface area contributed by atoms with Crippen molar-refractivity contribution in [3.63, 3.8) is 0 Å². The van der Waals surface area contributed by atoms with Gasteiger partial charge in [-0.05, 0) is 5.92 Å². The van der Waals surface area contributed by atoms with Gasteiger partial charge >= 0.3 is 11.4 Å². The highest BCUT2D eigenvalue weighted by atomic mass is 35.5. The van der Waals surface area contributed by atoms with Crippen LogP contribution >= 0.6 is 11.6 Å². The van der Waals surface area contributed by atoms with Gasteiger partial charge in [0.15, 0.2) is 0 Å². The standard InChI is InChI=1S/C8H10ClN3O3/c1-6(2-9)4-11-5-7(12(14)15)3-10-8(11)13/h3,5-6H,2,4H2,1H3. The van der Waals surface area contributed by atoms with Crippen molar-refractivity contribution in [2.75, 3.05) is 5.88 Å². The topological polar surface area (TPSA) is 78.0 Å². The molecule has 1 heterocycles. The van der Waals surface area contributed by atoms with E-state index >= 15 is 0 Å². The number of hydrogen-bond donors (Lipinski definition) is 0. The van der Waals surface area contributed by atoms with E-state index in [2.05, 4.69) is 4.98 Å². The molecule has 7 heteroatoms. The van der Waals surface area contributed by atoms with E-state index in [0.29, 0.717) is 12.4 Å². The summed E-state index contributed by atoms with van der Waals surface area (Å²) in [7, 11) is 0. The van der Waals surface area contributed by atoms with Crippen molar-refractivity contribution in [1.29, 1.82) is 0 Å². The second-order valence-corrected chi connectivity index (χ2v) is 3.57. The van der Waals surface area contributed by atoms with Crippen LogP contribution in [0.2, 0.25) is 0 Å². The summed E-state index contributed by atoms with van der Waals surface area (Å²) in [6.07, 6.45) is 2.13. The van der Waals surface area contributed by atoms with E-state index in [1.807, 2.05) is 6.92 Å². The first-order valence-corrected chi connectivity index (χ1v) is 4.85. The lowest BCUT2D eigenvalue weighted by atomic mass is 10.2. The van der Waals surface area contributed by atoms with Crippen LogP contribution in [0.25, 0.3) is 0 Å². The highest BCUT2D eigenvalue weighted by molar-refractivity contribution is 6.18. The summed E-state index contributed by atoms with van der Waals surface area (Å²) in [5, 5.41) is 10.4. The van der Waals surface area contributed by atoms with Crippen LogP contribution < -0.4 is 5.69 Å². The molecule has 1 rings (SSSR count). The van der Waals surface area contributed by atoms with Crippen molar-refractivity contribution in [3.05, 3.63) is 33.0 Å². The average Bonchev–Trinajstić information content (AvgIpc) is 2.20. The molecule has 82 valence electrons. The number of halogens is 1. The maximum Gasteiger partial charge on any atom is 0.347 e. The van der Waals surface area contributed by atoms with Crippen LogP contribution in [0.3, 0.4) is 0 Å². The number of nitro groups is 1. The molecular weight excluding hydrogens is 222 g/mol. The molecule has 0 bridgehead atoms. The monoisotopic (exact) mass is 231 g/mol. The Kier molecular flexibility index (Phi) is 3.79. The zero-order chi connectivity index (χ0) is 11.4. The summed E-state index contributed by atoms with van der Waals surface area (Å²) in [6, 6.07) is 0. The smallest absolute Gasteiger partial charge is 0.292 e. The lowest BCUT2D eigenvalue weighted by molar-refractivity contribution is -0.385. The first-order chi connectivity index (χ1) is 7.04. The van der Waals surface area contributed by atoms with Crippen LogP contribution in [0, 0.1) is 16.0 Å². The average molecular weight is 232 g/mol. The number of nitrogens with zero attached hydrogens (tertiary/aromatic N) is 3. The molecular formula is C8H10ClN3O3. The van der Waals surface area contributed by atoms with E-state index in [9.17, 15) is 14.9 Å². The van der Waals surface area contributed by atoms with Crippen molar-refractivity contribution in [1.82, 2.24) is 9.55 Å². The second-order valence-electron chi connectivity index (χ2n) is 3.26. The van der Waals surface area contributed by atoms with Crippen molar-refractivity contribution >= 4 is 17.3 Å². The van der Waals surface area contributed by atoms with Gasteiger partial charge in [0, 0.05) is 12.4 Å². The molecule has 0 saturated heterocycles. The van der Waals surface area contributed by atoms with E-state index in [0.717, 1.165) is 6.20 Å². The van der Waals surface area contributed by atoms with E-state index in [1.54, 1.807) is 0 Å². The van der Waals surface area contributed by atoms with Gasteiger partial charge in [0.2, 0.25) is 0 Å². The molecule has 0 N–H and O–H groups in total. The van der Waals surface area contributed by atoms with Gasteiger partial charge in [-0.3, -0.25) is 14.7 Å². The Bertz CT molecular complexity index is 418. The maximum absolute atomic E-state index is 11.2. The summed E-state index contributed by atoms with van der Waals surface area (Å²) in [6.45, 7) is 2.18. The lowest BCUT2D eigenvalue weighted by Gasteiger charge is -2.08. The SMILES string of the molecule is CC(CCl)Cn1cc([N+](=O)[O-])cnc1=O. The van der Waals surface area contributed by atoms with Crippen LogP contribution in [0.5, 0.6) is 0 Å². The summed E-state index contributed by atoms with van der Waals surface area (Å²) in [4.78, 5) is 24.5. The van der Waals surface area contributed by atoms with E-state index in [1.165, 1.54) is 10.8 Å². The molecule has 0 spiro atoms. The molecule has 1 aromatic rings. The second kappa shape index (κ2) is 4.88. The Labute approximate surface area is 90.7 Å². The van der Waals surface area contributed by atoms with Crippen molar-refractivity contribution < 1.29 is 4.92 Å². The van der Waals surface area contributed by atoms with Crippen LogP contribution in [0.4, 0.5) is 5.69 Å². The van der Waals surface area contributed by atoms with E-state index in [4.69, 9.17) is 11.6 Å². The number of rotatable bonds is 4. The third-order valence-corrected chi connectivity index (χ3v) is 2.35. The largest absolute Gasteiger partial charge is 0.347 e. The molecule has 0 aliphatic rings. The molecule has 0 aromatic carbocycles. The quantitative estimate of drug-likeness (QED) is 0.440. The van der Waals surface area contributed by atoms with Gasteiger partial charge in [-0.2, -0.15) is 4.98 Å². The fraction of sp³-hybridized carbons (Fsp3) is 0.500. The van der Waals surface area contributed by atoms with Gasteiger partial charge in [-0.25, -0.2) is 4.79 Å². The van der Waals surface area contributed by atoms with Crippen LogP contribution in [0.15, 0.2) is 17.2 Å². The highest BCUT2D eigenvalue weighted by Crippen LogP contribution is 2.07.